The lowest BCUT2D eigenvalue weighted by Gasteiger charge is -2.07. The highest BCUT2D eigenvalue weighted by Gasteiger charge is 2.14. The maximum absolute atomic E-state index is 4.10. The molecule has 4 aromatic rings. The van der Waals surface area contributed by atoms with Gasteiger partial charge in [0.2, 0.25) is 5.69 Å². The minimum Gasteiger partial charge on any atom is -0.265 e. The van der Waals surface area contributed by atoms with Gasteiger partial charge in [0.25, 0.3) is 0 Å². The lowest BCUT2D eigenvalue weighted by Crippen LogP contribution is -2.30. The van der Waals surface area contributed by atoms with E-state index < -0.39 is 0 Å². The van der Waals surface area contributed by atoms with Gasteiger partial charge in [0.1, 0.15) is 7.05 Å². The monoisotopic (exact) mass is 311 g/mol. The van der Waals surface area contributed by atoms with Crippen LogP contribution in [0.4, 0.5) is 0 Å². The number of benzene rings is 2. The van der Waals surface area contributed by atoms with Gasteiger partial charge in [-0.3, -0.25) is 4.98 Å². The van der Waals surface area contributed by atoms with Gasteiger partial charge in [-0.15, -0.1) is 0 Å². The molecule has 0 fully saturated rings. The fourth-order valence-electron chi connectivity index (χ4n) is 3.20. The number of aromatic nitrogens is 2. The number of pyridine rings is 2. The van der Waals surface area contributed by atoms with Crippen LogP contribution in [0.1, 0.15) is 5.56 Å². The molecule has 0 saturated heterocycles. The van der Waals surface area contributed by atoms with E-state index in [9.17, 15) is 0 Å². The first-order valence-corrected chi connectivity index (χ1v) is 8.12. The molecule has 0 spiro atoms. The fraction of sp³-hybridized carbons (Fsp3) is 0.0909. The van der Waals surface area contributed by atoms with Crippen LogP contribution in [-0.2, 0) is 7.05 Å². The largest absolute Gasteiger partial charge is 0.265 e. The number of nitrogens with zero attached hydrogens (tertiary/aromatic N) is 2. The van der Waals surface area contributed by atoms with Gasteiger partial charge in [-0.1, -0.05) is 30.3 Å². The molecular formula is C22H19N2+. The van der Waals surface area contributed by atoms with Crippen molar-refractivity contribution in [3.05, 3.63) is 84.8 Å². The molecule has 0 N–H and O–H groups in total. The van der Waals surface area contributed by atoms with Gasteiger partial charge in [0.05, 0.1) is 0 Å². The van der Waals surface area contributed by atoms with Gasteiger partial charge in [-0.05, 0) is 53.3 Å². The summed E-state index contributed by atoms with van der Waals surface area (Å²) < 4.78 is 2.21. The summed E-state index contributed by atoms with van der Waals surface area (Å²) in [6.07, 6.45) is 5.88. The van der Waals surface area contributed by atoms with Crippen LogP contribution in [0, 0.1) is 6.92 Å². The number of aryl methyl sites for hydroxylation is 2. The van der Waals surface area contributed by atoms with Crippen LogP contribution in [0.25, 0.3) is 33.2 Å². The Morgan fingerprint density at radius 3 is 2.38 bits per heavy atom. The molecule has 24 heavy (non-hydrogen) atoms. The van der Waals surface area contributed by atoms with Crippen molar-refractivity contribution in [2.45, 2.75) is 6.92 Å². The second-order valence-corrected chi connectivity index (χ2v) is 6.16. The average Bonchev–Trinajstić information content (AvgIpc) is 2.62. The molecule has 4 rings (SSSR count). The molecular weight excluding hydrogens is 292 g/mol. The van der Waals surface area contributed by atoms with Crippen molar-refractivity contribution in [2.75, 3.05) is 0 Å². The van der Waals surface area contributed by atoms with Crippen molar-refractivity contribution in [3.8, 4) is 22.4 Å². The summed E-state index contributed by atoms with van der Waals surface area (Å²) in [5, 5.41) is 2.49. The first-order valence-electron chi connectivity index (χ1n) is 8.12. The zero-order valence-electron chi connectivity index (χ0n) is 13.9. The van der Waals surface area contributed by atoms with E-state index in [1.165, 1.54) is 38.7 Å². The molecule has 0 aliphatic heterocycles. The topological polar surface area (TPSA) is 16.8 Å². The predicted molar refractivity (Wildman–Crippen MR) is 98.5 cm³/mol. The van der Waals surface area contributed by atoms with E-state index in [2.05, 4.69) is 78.3 Å². The Bertz CT molecular complexity index is 1020. The first kappa shape index (κ1) is 14.6. The maximum Gasteiger partial charge on any atom is 0.213 e. The van der Waals surface area contributed by atoms with E-state index in [0.717, 1.165) is 0 Å². The van der Waals surface area contributed by atoms with Crippen molar-refractivity contribution in [1.82, 2.24) is 4.98 Å². The van der Waals surface area contributed by atoms with E-state index in [4.69, 9.17) is 0 Å². The molecule has 0 unspecified atom stereocenters. The molecule has 0 aliphatic carbocycles. The highest BCUT2D eigenvalue weighted by molar-refractivity contribution is 5.88. The summed E-state index contributed by atoms with van der Waals surface area (Å²) in [7, 11) is 2.11. The van der Waals surface area contributed by atoms with E-state index >= 15 is 0 Å². The molecule has 116 valence electrons. The first-order chi connectivity index (χ1) is 11.7. The molecule has 0 saturated carbocycles. The quantitative estimate of drug-likeness (QED) is 0.490. The smallest absolute Gasteiger partial charge is 0.213 e. The number of hydrogen-bond donors (Lipinski definition) is 0. The summed E-state index contributed by atoms with van der Waals surface area (Å²) in [6.45, 7) is 2.16. The van der Waals surface area contributed by atoms with Gasteiger partial charge in [0.15, 0.2) is 6.20 Å². The van der Waals surface area contributed by atoms with E-state index in [-0.39, 0.29) is 0 Å². The van der Waals surface area contributed by atoms with Crippen LogP contribution in [0.3, 0.4) is 0 Å². The van der Waals surface area contributed by atoms with Crippen molar-refractivity contribution in [3.63, 3.8) is 0 Å². The molecule has 0 radical (unpaired) electrons. The SMILES string of the molecule is Cc1ccccc1-c1cc2ccc(-c3ccncc3)cc2c[n+]1C. The normalized spacial score (nSPS) is 10.9. The highest BCUT2D eigenvalue weighted by atomic mass is 14.9. The zero-order valence-corrected chi connectivity index (χ0v) is 13.9. The van der Waals surface area contributed by atoms with Gasteiger partial charge < -0.3 is 0 Å². The number of rotatable bonds is 2. The molecule has 2 nitrogen and oxygen atoms in total. The predicted octanol–water partition coefficient (Wildman–Crippen LogP) is 4.70. The molecule has 2 heterocycles. The van der Waals surface area contributed by atoms with E-state index in [1.807, 2.05) is 24.5 Å². The zero-order chi connectivity index (χ0) is 16.5. The summed E-state index contributed by atoms with van der Waals surface area (Å²) in [5.41, 5.74) is 6.21. The summed E-state index contributed by atoms with van der Waals surface area (Å²) in [6, 6.07) is 21.5. The Balaban J connectivity index is 1.87. The fourth-order valence-corrected chi connectivity index (χ4v) is 3.20. The van der Waals surface area contributed by atoms with Crippen molar-refractivity contribution >= 4 is 10.8 Å². The number of fused-ring (bicyclic) bond motifs is 1. The van der Waals surface area contributed by atoms with Gasteiger partial charge in [-0.25, -0.2) is 4.57 Å². The minimum absolute atomic E-state index is 1.19. The third-order valence-corrected chi connectivity index (χ3v) is 4.53. The van der Waals surface area contributed by atoms with Gasteiger partial charge in [-0.2, -0.15) is 0 Å². The Morgan fingerprint density at radius 1 is 0.792 bits per heavy atom. The molecule has 2 heteroatoms. The van der Waals surface area contributed by atoms with Crippen LogP contribution in [0.5, 0.6) is 0 Å². The standard InChI is InChI=1S/C22H19N2/c1-16-5-3-4-6-21(16)22-14-19-8-7-18(13-20(19)15-24(22)2)17-9-11-23-12-10-17/h3-15H,1-2H3/q+1. The van der Waals surface area contributed by atoms with E-state index in [1.54, 1.807) is 0 Å². The van der Waals surface area contributed by atoms with Crippen LogP contribution in [0.15, 0.2) is 79.3 Å². The van der Waals surface area contributed by atoms with Crippen molar-refractivity contribution in [1.29, 1.82) is 0 Å². The van der Waals surface area contributed by atoms with Crippen molar-refractivity contribution < 1.29 is 4.57 Å². The summed E-state index contributed by atoms with van der Waals surface area (Å²) in [4.78, 5) is 4.10. The Morgan fingerprint density at radius 2 is 1.58 bits per heavy atom. The number of hydrogen-bond acceptors (Lipinski definition) is 1. The molecule has 2 aromatic heterocycles. The second kappa shape index (κ2) is 5.89. The van der Waals surface area contributed by atoms with Gasteiger partial charge >= 0.3 is 0 Å². The van der Waals surface area contributed by atoms with Crippen LogP contribution in [0.2, 0.25) is 0 Å². The van der Waals surface area contributed by atoms with Crippen LogP contribution in [-0.4, -0.2) is 4.98 Å². The summed E-state index contributed by atoms with van der Waals surface area (Å²) >= 11 is 0. The van der Waals surface area contributed by atoms with Crippen LogP contribution < -0.4 is 4.57 Å². The molecule has 0 aliphatic rings. The second-order valence-electron chi connectivity index (χ2n) is 6.16. The lowest BCUT2D eigenvalue weighted by molar-refractivity contribution is -0.659. The Kier molecular flexibility index (Phi) is 3.58. The maximum atomic E-state index is 4.10. The molecule has 0 amide bonds. The van der Waals surface area contributed by atoms with Crippen molar-refractivity contribution in [2.24, 2.45) is 7.05 Å². The third kappa shape index (κ3) is 2.56. The molecule has 0 bridgehead atoms. The Hall–Kier alpha value is -3.00. The summed E-state index contributed by atoms with van der Waals surface area (Å²) in [5.74, 6) is 0. The minimum atomic E-state index is 1.19. The lowest BCUT2D eigenvalue weighted by atomic mass is 10.00. The van der Waals surface area contributed by atoms with E-state index in [0.29, 0.717) is 0 Å². The average molecular weight is 311 g/mol. The van der Waals surface area contributed by atoms with Gasteiger partial charge in [0, 0.05) is 29.4 Å². The van der Waals surface area contributed by atoms with Crippen LogP contribution >= 0.6 is 0 Å². The molecule has 0 atom stereocenters. The molecule has 2 aromatic carbocycles. The Labute approximate surface area is 142 Å². The third-order valence-electron chi connectivity index (χ3n) is 4.53. The highest BCUT2D eigenvalue weighted by Crippen LogP contribution is 2.27.